The smallest absolute Gasteiger partial charge is 0.457 e. The Kier molecular flexibility index (Phi) is 9.51. The van der Waals surface area contributed by atoms with E-state index in [4.69, 9.17) is 4.74 Å². The Balaban J connectivity index is 0.000000658. The summed E-state index contributed by atoms with van der Waals surface area (Å²) in [6.45, 7) is 0. The van der Waals surface area contributed by atoms with Crippen molar-refractivity contribution in [3.8, 4) is 0 Å². The molecular formula is C27H22BBr2F4NO. The molecule has 36 heavy (non-hydrogen) atoms. The summed E-state index contributed by atoms with van der Waals surface area (Å²) in [5, 5.41) is 0. The quantitative estimate of drug-likeness (QED) is 0.190. The van der Waals surface area contributed by atoms with Crippen molar-refractivity contribution < 1.29 is 26.6 Å². The maximum Gasteiger partial charge on any atom is 0.673 e. The van der Waals surface area contributed by atoms with E-state index in [1.807, 2.05) is 32.3 Å². The van der Waals surface area contributed by atoms with Crippen LogP contribution in [0, 0.1) is 0 Å². The highest BCUT2D eigenvalue weighted by Crippen LogP contribution is 2.32. The Morgan fingerprint density at radius 2 is 1.22 bits per heavy atom. The van der Waals surface area contributed by atoms with E-state index >= 15 is 0 Å². The molecule has 2 aliphatic rings. The fraction of sp³-hybridized carbons (Fsp3) is 0.0741. The Morgan fingerprint density at radius 1 is 0.722 bits per heavy atom. The summed E-state index contributed by atoms with van der Waals surface area (Å²) in [5.74, 6) is 1.63. The van der Waals surface area contributed by atoms with Crippen LogP contribution in [0.25, 0.3) is 11.3 Å². The Morgan fingerprint density at radius 3 is 1.72 bits per heavy atom. The first-order valence-electron chi connectivity index (χ1n) is 10.8. The molecule has 1 heterocycles. The fourth-order valence-electron chi connectivity index (χ4n) is 3.23. The van der Waals surface area contributed by atoms with E-state index in [1.165, 1.54) is 5.71 Å². The molecule has 0 amide bonds. The third-order valence-corrected chi connectivity index (χ3v) is 6.03. The van der Waals surface area contributed by atoms with Gasteiger partial charge >= 0.3 is 7.25 Å². The van der Waals surface area contributed by atoms with Crippen molar-refractivity contribution >= 4 is 56.2 Å². The van der Waals surface area contributed by atoms with Gasteiger partial charge in [0.2, 0.25) is 0 Å². The minimum Gasteiger partial charge on any atom is -0.457 e. The third-order valence-electron chi connectivity index (χ3n) is 4.97. The molecule has 2 aromatic carbocycles. The summed E-state index contributed by atoms with van der Waals surface area (Å²) in [7, 11) is -1.91. The monoisotopic (exact) mass is 621 g/mol. The van der Waals surface area contributed by atoms with Crippen LogP contribution in [0.4, 0.5) is 17.3 Å². The fourth-order valence-corrected chi connectivity index (χ4v) is 3.76. The first-order valence-corrected chi connectivity index (χ1v) is 12.4. The third kappa shape index (κ3) is 8.95. The predicted molar refractivity (Wildman–Crippen MR) is 147 cm³/mol. The summed E-state index contributed by atoms with van der Waals surface area (Å²) >= 11 is 7.02. The number of halogens is 6. The van der Waals surface area contributed by atoms with Gasteiger partial charge in [0, 0.05) is 26.7 Å². The van der Waals surface area contributed by atoms with Gasteiger partial charge < -0.3 is 22.0 Å². The van der Waals surface area contributed by atoms with Gasteiger partial charge in [0.15, 0.2) is 5.71 Å². The molecule has 0 saturated heterocycles. The van der Waals surface area contributed by atoms with E-state index in [1.54, 1.807) is 0 Å². The summed E-state index contributed by atoms with van der Waals surface area (Å²) in [6, 6.07) is 16.5. The highest BCUT2D eigenvalue weighted by molar-refractivity contribution is 9.10. The zero-order chi connectivity index (χ0) is 26.3. The zero-order valence-electron chi connectivity index (χ0n) is 19.4. The molecule has 9 heteroatoms. The number of benzene rings is 2. The SMILES string of the molecule is C[N+](C)=C1C=CC(=C/C=C2\C=C(c3ccc(Br)cc3)C=C(c3ccc(Br)cc3)O2)C=C1.F[B-](F)(F)F. The van der Waals surface area contributed by atoms with Crippen LogP contribution in [0.15, 0.2) is 117 Å². The van der Waals surface area contributed by atoms with Gasteiger partial charge in [-0.25, -0.2) is 4.58 Å². The zero-order valence-corrected chi connectivity index (χ0v) is 22.6. The molecule has 186 valence electrons. The standard InChI is InChI=1S/C27H22Br2NO.BF4/c1-30(2)25-14-3-19(4-15-25)5-16-26-17-22(20-6-10-23(28)11-7-20)18-27(31-26)21-8-12-24(29)13-9-21;2-1(3,4)5/h3-18H,1-2H3;/q+1;-1/b26-16+;. The van der Waals surface area contributed by atoms with E-state index in [0.717, 1.165) is 42.7 Å². The van der Waals surface area contributed by atoms with Crippen LogP contribution in [0.2, 0.25) is 0 Å². The van der Waals surface area contributed by atoms with Crippen molar-refractivity contribution in [1.82, 2.24) is 0 Å². The van der Waals surface area contributed by atoms with Crippen LogP contribution < -0.4 is 0 Å². The van der Waals surface area contributed by atoms with Crippen LogP contribution in [-0.2, 0) is 4.74 Å². The second-order valence-corrected chi connectivity index (χ2v) is 9.77. The average molecular weight is 623 g/mol. The second kappa shape index (κ2) is 12.4. The molecule has 0 spiro atoms. The molecule has 2 nitrogen and oxygen atoms in total. The van der Waals surface area contributed by atoms with Crippen molar-refractivity contribution in [1.29, 1.82) is 0 Å². The number of rotatable bonds is 3. The lowest BCUT2D eigenvalue weighted by molar-refractivity contribution is -0.462. The first kappa shape index (κ1) is 27.7. The molecule has 0 unspecified atom stereocenters. The van der Waals surface area contributed by atoms with Crippen molar-refractivity contribution in [3.05, 3.63) is 129 Å². The van der Waals surface area contributed by atoms with E-state index in [9.17, 15) is 17.3 Å². The number of ether oxygens (including phenoxy) is 1. The lowest BCUT2D eigenvalue weighted by Crippen LogP contribution is -2.09. The molecule has 4 rings (SSSR count). The van der Waals surface area contributed by atoms with Crippen LogP contribution >= 0.6 is 31.9 Å². The molecule has 0 saturated carbocycles. The van der Waals surface area contributed by atoms with Gasteiger partial charge in [-0.2, -0.15) is 0 Å². The molecule has 0 radical (unpaired) electrons. The van der Waals surface area contributed by atoms with Gasteiger partial charge in [0.05, 0.1) is 0 Å². The van der Waals surface area contributed by atoms with Crippen molar-refractivity contribution in [2.45, 2.75) is 0 Å². The Hall–Kier alpha value is -2.91. The molecule has 0 bridgehead atoms. The lowest BCUT2D eigenvalue weighted by atomic mass is 10.0. The van der Waals surface area contributed by atoms with Gasteiger partial charge in [-0.15, -0.1) is 0 Å². The highest BCUT2D eigenvalue weighted by atomic mass is 79.9. The molecule has 0 aromatic heterocycles. The van der Waals surface area contributed by atoms with Crippen LogP contribution in [0.3, 0.4) is 0 Å². The minimum absolute atomic E-state index is 0.801. The lowest BCUT2D eigenvalue weighted by Gasteiger charge is -2.18. The molecule has 0 N–H and O–H groups in total. The van der Waals surface area contributed by atoms with Gasteiger partial charge in [-0.3, -0.25) is 0 Å². The number of allylic oxidation sites excluding steroid dienone is 10. The predicted octanol–water partition coefficient (Wildman–Crippen LogP) is 8.62. The second-order valence-electron chi connectivity index (χ2n) is 7.94. The molecule has 1 aliphatic carbocycles. The van der Waals surface area contributed by atoms with Gasteiger partial charge in [0.25, 0.3) is 0 Å². The molecule has 0 fully saturated rings. The molecule has 1 aliphatic heterocycles. The largest absolute Gasteiger partial charge is 0.673 e. The van der Waals surface area contributed by atoms with Gasteiger partial charge in [-0.1, -0.05) is 62.2 Å². The molecule has 0 atom stereocenters. The maximum atomic E-state index is 9.75. The first-order chi connectivity index (χ1) is 17.0. The highest BCUT2D eigenvalue weighted by Gasteiger charge is 2.20. The topological polar surface area (TPSA) is 12.2 Å². The van der Waals surface area contributed by atoms with Crippen molar-refractivity contribution in [2.24, 2.45) is 0 Å². The van der Waals surface area contributed by atoms with Crippen LogP contribution in [0.5, 0.6) is 0 Å². The normalized spacial score (nSPS) is 16.1. The van der Waals surface area contributed by atoms with E-state index < -0.39 is 7.25 Å². The average Bonchev–Trinajstić information content (AvgIpc) is 2.83. The van der Waals surface area contributed by atoms with Gasteiger partial charge in [0.1, 0.15) is 25.6 Å². The van der Waals surface area contributed by atoms with E-state index in [0.29, 0.717) is 0 Å². The van der Waals surface area contributed by atoms with Crippen LogP contribution in [-0.4, -0.2) is 31.6 Å². The van der Waals surface area contributed by atoms with Crippen molar-refractivity contribution in [3.63, 3.8) is 0 Å². The molecule has 2 aromatic rings. The van der Waals surface area contributed by atoms with Crippen LogP contribution in [0.1, 0.15) is 11.1 Å². The number of hydrogen-bond donors (Lipinski definition) is 0. The summed E-state index contributed by atoms with van der Waals surface area (Å²) in [6.07, 6.45) is 16.7. The summed E-state index contributed by atoms with van der Waals surface area (Å²) in [4.78, 5) is 0. The number of hydrogen-bond acceptors (Lipinski definition) is 1. The Labute approximate surface area is 224 Å². The maximum absolute atomic E-state index is 9.75. The summed E-state index contributed by atoms with van der Waals surface area (Å²) in [5.41, 5.74) is 5.59. The minimum atomic E-state index is -6.00. The van der Waals surface area contributed by atoms with E-state index in [-0.39, 0.29) is 0 Å². The number of nitrogens with zero attached hydrogens (tertiary/aromatic N) is 1. The molecular weight excluding hydrogens is 601 g/mol. The van der Waals surface area contributed by atoms with Gasteiger partial charge in [-0.05, 0) is 71.4 Å². The Bertz CT molecular complexity index is 1290. The van der Waals surface area contributed by atoms with Crippen molar-refractivity contribution in [2.75, 3.05) is 14.1 Å². The summed E-state index contributed by atoms with van der Waals surface area (Å²) < 4.78 is 49.5. The van der Waals surface area contributed by atoms with E-state index in [2.05, 4.69) is 115 Å².